The molecule has 0 aliphatic carbocycles. The molecule has 12 nitrogen and oxygen atoms in total. The van der Waals surface area contributed by atoms with E-state index >= 15 is 0 Å². The third kappa shape index (κ3) is 4.93. The van der Waals surface area contributed by atoms with Gasteiger partial charge in [-0.1, -0.05) is 0 Å². The Balaban J connectivity index is 1.16. The molecule has 202 valence electrons. The van der Waals surface area contributed by atoms with Gasteiger partial charge in [0.05, 0.1) is 31.5 Å². The molecule has 3 amide bonds. The second-order valence-electron chi connectivity index (χ2n) is 10.3. The van der Waals surface area contributed by atoms with Crippen molar-refractivity contribution in [2.75, 3.05) is 80.7 Å². The van der Waals surface area contributed by atoms with Gasteiger partial charge in [-0.2, -0.15) is 0 Å². The van der Waals surface area contributed by atoms with Crippen LogP contribution in [0.3, 0.4) is 0 Å². The predicted molar refractivity (Wildman–Crippen MR) is 144 cm³/mol. The molecule has 5 heterocycles. The van der Waals surface area contributed by atoms with Crippen LogP contribution in [-0.4, -0.2) is 109 Å². The van der Waals surface area contributed by atoms with E-state index < -0.39 is 5.91 Å². The molecule has 4 aliphatic rings. The smallest absolute Gasteiger partial charge is 0.320 e. The number of urea groups is 1. The number of hydrogen-bond acceptors (Lipinski definition) is 9. The maximum absolute atomic E-state index is 13.1. The fourth-order valence-corrected chi connectivity index (χ4v) is 5.68. The Labute approximate surface area is 222 Å². The van der Waals surface area contributed by atoms with Crippen LogP contribution in [0.2, 0.25) is 0 Å². The Hall–Kier alpha value is -3.64. The van der Waals surface area contributed by atoms with E-state index in [0.29, 0.717) is 31.4 Å². The summed E-state index contributed by atoms with van der Waals surface area (Å²) in [7, 11) is 0. The minimum absolute atomic E-state index is 0.0987. The topological polar surface area (TPSA) is 132 Å². The maximum Gasteiger partial charge on any atom is 0.320 e. The number of rotatable bonds is 7. The van der Waals surface area contributed by atoms with E-state index in [4.69, 9.17) is 15.5 Å². The Bertz CT molecular complexity index is 1170. The van der Waals surface area contributed by atoms with Gasteiger partial charge in [0, 0.05) is 63.7 Å². The quantitative estimate of drug-likeness (QED) is 0.485. The van der Waals surface area contributed by atoms with Crippen LogP contribution in [-0.2, 0) is 4.74 Å². The van der Waals surface area contributed by atoms with E-state index in [1.165, 1.54) is 0 Å². The molecule has 0 radical (unpaired) electrons. The molecular weight excluding hydrogens is 486 g/mol. The Morgan fingerprint density at radius 3 is 2.42 bits per heavy atom. The first-order valence-corrected chi connectivity index (χ1v) is 13.5. The number of nitrogens with zero attached hydrogens (tertiary/aromatic N) is 6. The highest BCUT2D eigenvalue weighted by atomic mass is 16.5. The van der Waals surface area contributed by atoms with Crippen molar-refractivity contribution in [1.82, 2.24) is 25.1 Å². The number of amides is 3. The zero-order chi connectivity index (χ0) is 26.1. The van der Waals surface area contributed by atoms with E-state index in [2.05, 4.69) is 37.6 Å². The second-order valence-corrected chi connectivity index (χ2v) is 10.3. The number of piperazine rings is 1. The fourth-order valence-electron chi connectivity index (χ4n) is 5.68. The lowest BCUT2D eigenvalue weighted by molar-refractivity contribution is -0.0444. The van der Waals surface area contributed by atoms with Crippen molar-refractivity contribution < 1.29 is 14.3 Å². The van der Waals surface area contributed by atoms with Crippen molar-refractivity contribution in [2.24, 2.45) is 5.73 Å². The highest BCUT2D eigenvalue weighted by molar-refractivity contribution is 5.96. The summed E-state index contributed by atoms with van der Waals surface area (Å²) in [5.74, 6) is 0.360. The van der Waals surface area contributed by atoms with Crippen molar-refractivity contribution >= 4 is 34.9 Å². The minimum atomic E-state index is -0.636. The summed E-state index contributed by atoms with van der Waals surface area (Å²) in [6.07, 6.45) is 3.50. The largest absolute Gasteiger partial charge is 0.377 e. The molecule has 4 fully saturated rings. The number of nitrogens with two attached hydrogens (primary N) is 1. The monoisotopic (exact) mass is 521 g/mol. The average molecular weight is 522 g/mol. The average Bonchev–Trinajstić information content (AvgIpc) is 3.29. The molecule has 2 aromatic rings. The van der Waals surface area contributed by atoms with Crippen LogP contribution in [0.15, 0.2) is 30.5 Å². The molecule has 1 aromatic carbocycles. The van der Waals surface area contributed by atoms with Crippen LogP contribution in [0, 0.1) is 0 Å². The lowest BCUT2D eigenvalue weighted by Crippen LogP contribution is -2.53. The number of carbonyl (C=O) groups is 2. The van der Waals surface area contributed by atoms with Gasteiger partial charge in [0.25, 0.3) is 5.91 Å². The Kier molecular flexibility index (Phi) is 6.90. The van der Waals surface area contributed by atoms with Crippen molar-refractivity contribution in [3.63, 3.8) is 0 Å². The van der Waals surface area contributed by atoms with Crippen LogP contribution in [0.25, 0.3) is 0 Å². The number of nitrogens with one attached hydrogen (secondary N) is 2. The Morgan fingerprint density at radius 2 is 1.74 bits per heavy atom. The first-order valence-electron chi connectivity index (χ1n) is 13.5. The van der Waals surface area contributed by atoms with Gasteiger partial charge in [-0.25, -0.2) is 14.8 Å². The molecule has 38 heavy (non-hydrogen) atoms. The lowest BCUT2D eigenvalue weighted by Gasteiger charge is -2.39. The number of primary amides is 1. The van der Waals surface area contributed by atoms with Crippen molar-refractivity contribution in [1.29, 1.82) is 0 Å². The van der Waals surface area contributed by atoms with Crippen LogP contribution in [0.5, 0.6) is 0 Å². The summed E-state index contributed by atoms with van der Waals surface area (Å²) in [5, 5.41) is 6.62. The first kappa shape index (κ1) is 24.7. The molecule has 0 saturated carbocycles. The zero-order valence-corrected chi connectivity index (χ0v) is 21.5. The molecule has 12 heteroatoms. The highest BCUT2D eigenvalue weighted by Gasteiger charge is 2.41. The molecule has 6 rings (SSSR count). The number of hydrogen-bond donors (Lipinski definition) is 3. The van der Waals surface area contributed by atoms with Gasteiger partial charge < -0.3 is 40.7 Å². The predicted octanol–water partition coefficient (Wildman–Crippen LogP) is 0.834. The number of aromatic nitrogens is 2. The van der Waals surface area contributed by atoms with Crippen molar-refractivity contribution in [3.8, 4) is 0 Å². The third-order valence-electron chi connectivity index (χ3n) is 7.90. The summed E-state index contributed by atoms with van der Waals surface area (Å²) < 4.78 is 5.29. The highest BCUT2D eigenvalue weighted by Crippen LogP contribution is 2.28. The number of ether oxygens (including phenoxy) is 1. The molecule has 1 aromatic heterocycles. The fraction of sp³-hybridized carbons (Fsp3) is 0.538. The van der Waals surface area contributed by atoms with Gasteiger partial charge in [-0.3, -0.25) is 4.79 Å². The second kappa shape index (κ2) is 10.6. The van der Waals surface area contributed by atoms with Crippen molar-refractivity contribution in [3.05, 3.63) is 36.2 Å². The number of piperidine rings is 1. The number of anilines is 4. The van der Waals surface area contributed by atoms with E-state index in [0.717, 1.165) is 70.0 Å². The number of carbonyl (C=O) groups excluding carboxylic acids is 2. The van der Waals surface area contributed by atoms with Crippen LogP contribution in [0.4, 0.5) is 27.8 Å². The van der Waals surface area contributed by atoms with Gasteiger partial charge in [-0.15, -0.1) is 0 Å². The first-order chi connectivity index (χ1) is 18.6. The normalized spacial score (nSPS) is 22.5. The Morgan fingerprint density at radius 1 is 1.00 bits per heavy atom. The molecule has 4 N–H and O–H groups in total. The molecule has 0 spiro atoms. The van der Waals surface area contributed by atoms with Crippen LogP contribution in [0.1, 0.15) is 23.3 Å². The minimum Gasteiger partial charge on any atom is -0.377 e. The maximum atomic E-state index is 13.1. The van der Waals surface area contributed by atoms with Gasteiger partial charge in [0.15, 0.2) is 11.5 Å². The van der Waals surface area contributed by atoms with Crippen molar-refractivity contribution in [2.45, 2.75) is 24.9 Å². The lowest BCUT2D eigenvalue weighted by atomic mass is 10.0. The third-order valence-corrected chi connectivity index (χ3v) is 7.90. The van der Waals surface area contributed by atoms with Gasteiger partial charge in [0.1, 0.15) is 5.82 Å². The standard InChI is InChI=1S/C26H35N9O3/c27-24(36)23-25(30-18-3-5-19(6-4-18)32-10-7-28-8-11-32)31-22(14-29-23)33-9-1-2-20(15-33)34-12-13-35(26(34)37)21-16-38-17-21/h3-6,14,20-21,28H,1-2,7-13,15-17H2,(H2,27,36)(H,30,31). The molecular formula is C26H35N9O3. The molecule has 4 aliphatic heterocycles. The number of benzene rings is 1. The molecule has 4 saturated heterocycles. The zero-order valence-electron chi connectivity index (χ0n) is 21.5. The van der Waals surface area contributed by atoms with Gasteiger partial charge in [-0.05, 0) is 37.1 Å². The summed E-state index contributed by atoms with van der Waals surface area (Å²) in [6, 6.07) is 8.50. The summed E-state index contributed by atoms with van der Waals surface area (Å²) >= 11 is 0. The van der Waals surface area contributed by atoms with Crippen LogP contribution < -0.4 is 26.2 Å². The summed E-state index contributed by atoms with van der Waals surface area (Å²) in [5.41, 5.74) is 7.69. The molecule has 1 unspecified atom stereocenters. The molecule has 0 bridgehead atoms. The van der Waals surface area contributed by atoms with E-state index in [1.807, 2.05) is 21.9 Å². The van der Waals surface area contributed by atoms with Crippen LogP contribution >= 0.6 is 0 Å². The summed E-state index contributed by atoms with van der Waals surface area (Å²) in [6.45, 7) is 8.11. The van der Waals surface area contributed by atoms with E-state index in [-0.39, 0.29) is 23.8 Å². The summed E-state index contributed by atoms with van der Waals surface area (Å²) in [4.78, 5) is 42.8. The van der Waals surface area contributed by atoms with E-state index in [1.54, 1.807) is 6.20 Å². The molecule has 1 atom stereocenters. The SMILES string of the molecule is NC(=O)c1ncc(N2CCCC(N3CCN(C4COC4)C3=O)C2)nc1Nc1ccc(N2CCNCC2)cc1. The van der Waals surface area contributed by atoms with E-state index in [9.17, 15) is 9.59 Å². The van der Waals surface area contributed by atoms with Gasteiger partial charge in [0.2, 0.25) is 0 Å². The van der Waals surface area contributed by atoms with Gasteiger partial charge >= 0.3 is 6.03 Å².